The Kier molecular flexibility index (Phi) is 9.15. The Labute approximate surface area is 227 Å². The van der Waals surface area contributed by atoms with Gasteiger partial charge in [0.2, 0.25) is 0 Å². The number of para-hydroxylation sites is 2. The van der Waals surface area contributed by atoms with Gasteiger partial charge in [0, 0.05) is 45.4 Å². The number of thioether (sulfide) groups is 1. The third-order valence-electron chi connectivity index (χ3n) is 5.39. The molecule has 0 atom stereocenters. The average Bonchev–Trinajstić information content (AvgIpc) is 2.77. The summed E-state index contributed by atoms with van der Waals surface area (Å²) >= 11 is 7.68. The van der Waals surface area contributed by atoms with E-state index in [4.69, 9.17) is 11.6 Å². The van der Waals surface area contributed by atoms with Crippen LogP contribution < -0.4 is 34.5 Å². The van der Waals surface area contributed by atoms with E-state index in [0.717, 1.165) is 43.6 Å². The van der Waals surface area contributed by atoms with Gasteiger partial charge in [-0.15, -0.1) is 11.8 Å². The van der Waals surface area contributed by atoms with Crippen molar-refractivity contribution in [3.8, 4) is 0 Å². The van der Waals surface area contributed by atoms with Crippen LogP contribution >= 0.6 is 23.4 Å². The van der Waals surface area contributed by atoms with Gasteiger partial charge in [0.15, 0.2) is 0 Å². The molecule has 4 rings (SSSR count). The Balaban J connectivity index is 0.00000306. The predicted octanol–water partition coefficient (Wildman–Crippen LogP) is 3.44. The number of halogens is 1. The van der Waals surface area contributed by atoms with Gasteiger partial charge in [-0.25, -0.2) is 8.42 Å². The molecule has 166 valence electrons. The Morgan fingerprint density at radius 3 is 2.03 bits per heavy atom. The van der Waals surface area contributed by atoms with Gasteiger partial charge < -0.3 is 9.45 Å². The molecule has 33 heavy (non-hydrogen) atoms. The largest absolute Gasteiger partial charge is 1.00 e. The van der Waals surface area contributed by atoms with Crippen LogP contribution in [0, 0.1) is 0 Å². The first-order chi connectivity index (χ1) is 15.3. The van der Waals surface area contributed by atoms with Crippen LogP contribution in [-0.2, 0) is 16.7 Å². The second kappa shape index (κ2) is 11.5. The molecule has 0 amide bonds. The van der Waals surface area contributed by atoms with Gasteiger partial charge >= 0.3 is 29.6 Å². The first-order valence-corrected chi connectivity index (χ1v) is 13.3. The standard InChI is InChI=1S/C25H24ClNO3S2.Na/c1-18(31-15-6-16-32(28,29)30)25-21-7-2-4-9-23(21)27(24-10-5-3-8-22(24)25)17-19-11-13-20(26)14-12-19;/h2-5,7-14H,6,15-17H2,1H3,(H,28,29,30);/q;+1/p-1. The fraction of sp³-hybridized carbons (Fsp3) is 0.200. The number of nitrogens with zero attached hydrogens (tertiary/aromatic N) is 1. The molecule has 0 unspecified atom stereocenters. The summed E-state index contributed by atoms with van der Waals surface area (Å²) in [7, 11) is -4.18. The maximum atomic E-state index is 10.9. The molecule has 0 radical (unpaired) electrons. The maximum Gasteiger partial charge on any atom is 1.00 e. The fourth-order valence-electron chi connectivity index (χ4n) is 3.97. The van der Waals surface area contributed by atoms with Crippen LogP contribution in [0.4, 0.5) is 11.4 Å². The van der Waals surface area contributed by atoms with Crippen molar-refractivity contribution < 1.29 is 42.5 Å². The molecule has 0 aliphatic carbocycles. The van der Waals surface area contributed by atoms with Crippen LogP contribution in [-0.4, -0.2) is 24.5 Å². The van der Waals surface area contributed by atoms with E-state index >= 15 is 0 Å². The third kappa shape index (κ3) is 6.45. The molecule has 4 nitrogen and oxygen atoms in total. The monoisotopic (exact) mass is 507 g/mol. The van der Waals surface area contributed by atoms with Gasteiger partial charge in [-0.3, -0.25) is 0 Å². The molecule has 0 saturated carbocycles. The van der Waals surface area contributed by atoms with Gasteiger partial charge in [0.05, 0.1) is 10.1 Å². The molecule has 1 heterocycles. The second-order valence-electron chi connectivity index (χ2n) is 7.64. The van der Waals surface area contributed by atoms with Gasteiger partial charge in [0.1, 0.15) is 0 Å². The van der Waals surface area contributed by atoms with Crippen LogP contribution in [0.1, 0.15) is 30.0 Å². The summed E-state index contributed by atoms with van der Waals surface area (Å²) in [5, 5.41) is 0.718. The summed E-state index contributed by atoms with van der Waals surface area (Å²) < 4.78 is 32.8. The Morgan fingerprint density at radius 1 is 0.939 bits per heavy atom. The topological polar surface area (TPSA) is 60.4 Å². The zero-order chi connectivity index (χ0) is 22.7. The van der Waals surface area contributed by atoms with Crippen molar-refractivity contribution in [1.29, 1.82) is 0 Å². The molecular weight excluding hydrogens is 485 g/mol. The molecular formula is C25H23ClNNaO3S2. The zero-order valence-electron chi connectivity index (χ0n) is 18.6. The predicted molar refractivity (Wildman–Crippen MR) is 134 cm³/mol. The number of fused-ring (bicyclic) bond motifs is 2. The minimum Gasteiger partial charge on any atom is -0.748 e. The minimum atomic E-state index is -4.18. The number of rotatable bonds is 7. The van der Waals surface area contributed by atoms with E-state index in [2.05, 4.69) is 36.1 Å². The Bertz CT molecular complexity index is 1210. The summed E-state index contributed by atoms with van der Waals surface area (Å²) in [5.41, 5.74) is 6.84. The number of allylic oxidation sites excluding steroid dienone is 1. The molecule has 3 aromatic carbocycles. The third-order valence-corrected chi connectivity index (χ3v) is 7.56. The molecule has 0 aromatic heterocycles. The molecule has 3 aromatic rings. The molecule has 0 N–H and O–H groups in total. The van der Waals surface area contributed by atoms with Crippen LogP contribution in [0.25, 0.3) is 5.57 Å². The van der Waals surface area contributed by atoms with E-state index in [9.17, 15) is 13.0 Å². The zero-order valence-corrected chi connectivity index (χ0v) is 23.0. The van der Waals surface area contributed by atoms with Crippen LogP contribution in [0.5, 0.6) is 0 Å². The van der Waals surface area contributed by atoms with Crippen LogP contribution in [0.3, 0.4) is 0 Å². The van der Waals surface area contributed by atoms with Crippen molar-refractivity contribution in [1.82, 2.24) is 0 Å². The van der Waals surface area contributed by atoms with Gasteiger partial charge in [-0.05, 0) is 53.8 Å². The smallest absolute Gasteiger partial charge is 0.748 e. The molecule has 0 bridgehead atoms. The summed E-state index contributed by atoms with van der Waals surface area (Å²) in [6.45, 7) is 2.78. The summed E-state index contributed by atoms with van der Waals surface area (Å²) in [4.78, 5) is 3.43. The van der Waals surface area contributed by atoms with Crippen molar-refractivity contribution in [2.24, 2.45) is 0 Å². The fourth-order valence-corrected chi connectivity index (χ4v) is 5.74. The van der Waals surface area contributed by atoms with Gasteiger partial charge in [-0.2, -0.15) is 0 Å². The van der Waals surface area contributed by atoms with E-state index in [1.54, 1.807) is 11.8 Å². The van der Waals surface area contributed by atoms with Crippen molar-refractivity contribution in [2.75, 3.05) is 16.4 Å². The van der Waals surface area contributed by atoms with Crippen molar-refractivity contribution in [3.05, 3.63) is 99.4 Å². The van der Waals surface area contributed by atoms with Gasteiger partial charge in [-0.1, -0.05) is 60.1 Å². The molecule has 0 fully saturated rings. The Hall–Kier alpha value is -1.25. The van der Waals surface area contributed by atoms with Crippen molar-refractivity contribution in [2.45, 2.75) is 19.9 Å². The van der Waals surface area contributed by atoms with E-state index in [1.807, 2.05) is 48.5 Å². The van der Waals surface area contributed by atoms with E-state index in [-0.39, 0.29) is 35.3 Å². The second-order valence-corrected chi connectivity index (χ2v) is 10.9. The Morgan fingerprint density at radius 2 is 1.48 bits per heavy atom. The number of hydrogen-bond acceptors (Lipinski definition) is 5. The first kappa shape index (κ1) is 26.4. The summed E-state index contributed by atoms with van der Waals surface area (Å²) in [6.07, 6.45) is 0.340. The van der Waals surface area contributed by atoms with E-state index < -0.39 is 10.1 Å². The van der Waals surface area contributed by atoms with Crippen LogP contribution in [0.15, 0.2) is 77.7 Å². The molecule has 8 heteroatoms. The maximum absolute atomic E-state index is 10.9. The summed E-state index contributed by atoms with van der Waals surface area (Å²) in [5.74, 6) is 0.250. The quantitative estimate of drug-likeness (QED) is 0.278. The molecule has 1 aliphatic heterocycles. The number of benzene rings is 3. The first-order valence-electron chi connectivity index (χ1n) is 10.3. The number of hydrogen-bond donors (Lipinski definition) is 0. The molecule has 0 saturated heterocycles. The summed E-state index contributed by atoms with van der Waals surface area (Å²) in [6, 6.07) is 24.6. The van der Waals surface area contributed by atoms with E-state index in [1.165, 1.54) is 0 Å². The number of anilines is 2. The molecule has 1 aliphatic rings. The van der Waals surface area contributed by atoms with Gasteiger partial charge in [0.25, 0.3) is 0 Å². The molecule has 0 spiro atoms. The average molecular weight is 508 g/mol. The van der Waals surface area contributed by atoms with Crippen molar-refractivity contribution in [3.63, 3.8) is 0 Å². The SMILES string of the molecule is CC(SCCCS(=O)(=O)[O-])=C1c2ccccc2N(Cc2ccc(Cl)cc2)c2ccccc21.[Na+]. The van der Waals surface area contributed by atoms with E-state index in [0.29, 0.717) is 18.7 Å². The van der Waals surface area contributed by atoms with Crippen LogP contribution in [0.2, 0.25) is 5.02 Å². The normalized spacial score (nSPS) is 12.6. The minimum absolute atomic E-state index is 0. The van der Waals surface area contributed by atoms with Crippen molar-refractivity contribution >= 4 is 50.4 Å².